The normalized spacial score (nSPS) is 11.9. The van der Waals surface area contributed by atoms with E-state index in [9.17, 15) is 9.00 Å². The van der Waals surface area contributed by atoms with E-state index in [-0.39, 0.29) is 5.69 Å². The Morgan fingerprint density at radius 2 is 2.10 bits per heavy atom. The van der Waals surface area contributed by atoms with Crippen molar-refractivity contribution in [2.45, 2.75) is 11.9 Å². The number of carbonyl (C=O) groups is 1. The number of pyridine rings is 1. The van der Waals surface area contributed by atoms with E-state index in [0.29, 0.717) is 10.7 Å². The van der Waals surface area contributed by atoms with E-state index in [0.717, 1.165) is 27.6 Å². The summed E-state index contributed by atoms with van der Waals surface area (Å²) in [7, 11) is -1.35. The lowest BCUT2D eigenvalue weighted by molar-refractivity contribution is 0.0995. The number of nitrogens with one attached hydrogen (secondary N) is 1. The fourth-order valence-corrected chi connectivity index (χ4v) is 4.24. The van der Waals surface area contributed by atoms with E-state index in [2.05, 4.69) is 20.4 Å². The molecule has 1 aromatic carbocycles. The smallest absolute Gasteiger partial charge is 0.269 e. The van der Waals surface area contributed by atoms with Crippen LogP contribution in [-0.4, -0.2) is 36.1 Å². The highest BCUT2D eigenvalue weighted by Crippen LogP contribution is 2.29. The monoisotopic (exact) mass is 438 g/mol. The lowest BCUT2D eigenvalue weighted by Gasteiger charge is -2.11. The first-order valence-corrected chi connectivity index (χ1v) is 11.3. The van der Waals surface area contributed by atoms with E-state index < -0.39 is 16.7 Å². The van der Waals surface area contributed by atoms with Crippen LogP contribution in [0.4, 0.5) is 10.8 Å². The summed E-state index contributed by atoms with van der Waals surface area (Å²) in [4.78, 5) is 20.3. The van der Waals surface area contributed by atoms with Crippen molar-refractivity contribution in [2.24, 2.45) is 5.73 Å². The Balaban J connectivity index is 1.68. The third-order valence-electron chi connectivity index (χ3n) is 4.39. The summed E-state index contributed by atoms with van der Waals surface area (Å²) in [5, 5.41) is 10.6. The van der Waals surface area contributed by atoms with Gasteiger partial charge >= 0.3 is 0 Å². The summed E-state index contributed by atoms with van der Waals surface area (Å²) >= 11 is 1.48. The van der Waals surface area contributed by atoms with Crippen LogP contribution in [0, 0.1) is 6.92 Å². The summed E-state index contributed by atoms with van der Waals surface area (Å²) in [6.45, 7) is 1.97. The molecule has 0 saturated carbocycles. The van der Waals surface area contributed by atoms with Crippen LogP contribution in [-0.2, 0) is 10.8 Å². The topological polar surface area (TPSA) is 116 Å². The fraction of sp³-hybridized carbons (Fsp3) is 0.100. The Bertz CT molecular complexity index is 1250. The largest absolute Gasteiger partial charge is 0.364 e. The molecule has 10 heteroatoms. The van der Waals surface area contributed by atoms with Crippen LogP contribution in [0.5, 0.6) is 0 Å². The van der Waals surface area contributed by atoms with Crippen molar-refractivity contribution in [1.29, 1.82) is 0 Å². The minimum absolute atomic E-state index is 0.0660. The van der Waals surface area contributed by atoms with Crippen molar-refractivity contribution in [3.05, 3.63) is 65.4 Å². The second-order valence-electron chi connectivity index (χ2n) is 6.50. The molecular weight excluding hydrogens is 420 g/mol. The fourth-order valence-electron chi connectivity index (χ4n) is 2.84. The number of nitrogens with two attached hydrogens (primary N) is 1. The van der Waals surface area contributed by atoms with Crippen LogP contribution in [0.15, 0.2) is 59.2 Å². The molecule has 0 saturated heterocycles. The van der Waals surface area contributed by atoms with Gasteiger partial charge in [-0.15, -0.1) is 11.3 Å². The van der Waals surface area contributed by atoms with Crippen molar-refractivity contribution >= 4 is 38.9 Å². The zero-order chi connectivity index (χ0) is 21.3. The maximum atomic E-state index is 12.1. The highest BCUT2D eigenvalue weighted by Gasteiger charge is 2.17. The average molecular weight is 439 g/mol. The maximum absolute atomic E-state index is 12.1. The lowest BCUT2D eigenvalue weighted by Crippen LogP contribution is -2.12. The minimum Gasteiger partial charge on any atom is -0.364 e. The summed E-state index contributed by atoms with van der Waals surface area (Å²) in [6.07, 6.45) is 5.02. The van der Waals surface area contributed by atoms with E-state index in [1.54, 1.807) is 12.4 Å². The molecule has 0 fully saturated rings. The summed E-state index contributed by atoms with van der Waals surface area (Å²) in [5.41, 5.74) is 9.67. The first kappa shape index (κ1) is 19.9. The molecule has 0 spiro atoms. The Morgan fingerprint density at radius 3 is 2.80 bits per heavy atom. The molecule has 30 heavy (non-hydrogen) atoms. The maximum Gasteiger partial charge on any atom is 0.269 e. The van der Waals surface area contributed by atoms with Crippen LogP contribution in [0.2, 0.25) is 0 Å². The number of aryl methyl sites for hydroxylation is 1. The minimum atomic E-state index is -1.35. The van der Waals surface area contributed by atoms with Gasteiger partial charge in [-0.05, 0) is 36.8 Å². The highest BCUT2D eigenvalue weighted by molar-refractivity contribution is 7.84. The summed E-state index contributed by atoms with van der Waals surface area (Å²) in [5.74, 6) is -0.670. The van der Waals surface area contributed by atoms with Crippen molar-refractivity contribution in [1.82, 2.24) is 19.7 Å². The van der Waals surface area contributed by atoms with Crippen LogP contribution < -0.4 is 11.1 Å². The number of anilines is 2. The molecule has 1 unspecified atom stereocenters. The number of amides is 1. The summed E-state index contributed by atoms with van der Waals surface area (Å²) in [6, 6.07) is 10.9. The van der Waals surface area contributed by atoms with Gasteiger partial charge in [0, 0.05) is 41.3 Å². The van der Waals surface area contributed by atoms with Gasteiger partial charge in [-0.1, -0.05) is 6.07 Å². The number of primary amides is 1. The molecule has 4 aromatic rings. The molecule has 1 amide bonds. The Morgan fingerprint density at radius 1 is 1.27 bits per heavy atom. The van der Waals surface area contributed by atoms with Crippen LogP contribution >= 0.6 is 11.3 Å². The average Bonchev–Trinajstić information content (AvgIpc) is 3.38. The van der Waals surface area contributed by atoms with Crippen molar-refractivity contribution < 1.29 is 9.00 Å². The molecule has 0 bridgehead atoms. The molecule has 8 nitrogen and oxygen atoms in total. The third kappa shape index (κ3) is 4.00. The zero-order valence-electron chi connectivity index (χ0n) is 16.2. The molecule has 0 aliphatic carbocycles. The van der Waals surface area contributed by atoms with Gasteiger partial charge in [0.1, 0.15) is 5.03 Å². The van der Waals surface area contributed by atoms with Crippen molar-refractivity contribution in [2.75, 3.05) is 11.6 Å². The molecule has 0 aliphatic rings. The number of aromatic nitrogens is 4. The van der Waals surface area contributed by atoms with Crippen molar-refractivity contribution in [3.63, 3.8) is 0 Å². The van der Waals surface area contributed by atoms with Crippen LogP contribution in [0.1, 0.15) is 16.1 Å². The highest BCUT2D eigenvalue weighted by atomic mass is 32.2. The molecule has 0 radical (unpaired) electrons. The zero-order valence-corrected chi connectivity index (χ0v) is 17.8. The number of rotatable bonds is 6. The quantitative estimate of drug-likeness (QED) is 0.477. The lowest BCUT2D eigenvalue weighted by atomic mass is 10.2. The van der Waals surface area contributed by atoms with Gasteiger partial charge in [0.15, 0.2) is 10.8 Å². The summed E-state index contributed by atoms with van der Waals surface area (Å²) < 4.78 is 13.6. The molecular formula is C20H18N6O2S2. The van der Waals surface area contributed by atoms with E-state index in [4.69, 9.17) is 5.73 Å². The van der Waals surface area contributed by atoms with E-state index >= 15 is 0 Å². The number of hydrogen-bond donors (Lipinski definition) is 2. The number of hydrogen-bond acceptors (Lipinski definition) is 7. The van der Waals surface area contributed by atoms with Gasteiger partial charge in [0.25, 0.3) is 5.91 Å². The molecule has 3 heterocycles. The first-order valence-electron chi connectivity index (χ1n) is 8.89. The SMILES string of the molecule is Cc1ccc(-n2nc(C(N)=O)cc2S(C)=O)cc1Nc1nc(-c2cccnc2)cs1. The Kier molecular flexibility index (Phi) is 5.42. The molecule has 4 rings (SSSR count). The molecule has 3 aromatic heterocycles. The number of thiazole rings is 1. The van der Waals surface area contributed by atoms with E-state index in [1.807, 2.05) is 42.6 Å². The number of nitrogens with zero attached hydrogens (tertiary/aromatic N) is 4. The van der Waals surface area contributed by atoms with Crippen LogP contribution in [0.3, 0.4) is 0 Å². The number of carbonyl (C=O) groups excluding carboxylic acids is 1. The standard InChI is InChI=1S/C20H18N6O2S2/c1-12-5-6-14(26-18(30(2)28)9-16(25-26)19(21)27)8-15(12)23-20-24-17(11-29-20)13-4-3-7-22-10-13/h3-11H,1-2H3,(H2,21,27)(H,23,24). The Labute approximate surface area is 179 Å². The van der Waals surface area contributed by atoms with Gasteiger partial charge in [-0.3, -0.25) is 14.0 Å². The number of benzene rings is 1. The van der Waals surface area contributed by atoms with Gasteiger partial charge in [0.05, 0.1) is 22.2 Å². The Hall–Kier alpha value is -3.37. The predicted molar refractivity (Wildman–Crippen MR) is 118 cm³/mol. The molecule has 3 N–H and O–H groups in total. The van der Waals surface area contributed by atoms with E-state index in [1.165, 1.54) is 28.3 Å². The van der Waals surface area contributed by atoms with Crippen LogP contribution in [0.25, 0.3) is 16.9 Å². The molecule has 152 valence electrons. The van der Waals surface area contributed by atoms with Crippen molar-refractivity contribution in [3.8, 4) is 16.9 Å². The second kappa shape index (κ2) is 8.17. The second-order valence-corrected chi connectivity index (χ2v) is 8.69. The first-order chi connectivity index (χ1) is 14.4. The molecule has 1 atom stereocenters. The van der Waals surface area contributed by atoms with Gasteiger partial charge in [0.2, 0.25) is 0 Å². The van der Waals surface area contributed by atoms with Gasteiger partial charge in [-0.2, -0.15) is 5.10 Å². The van der Waals surface area contributed by atoms with Gasteiger partial charge < -0.3 is 11.1 Å². The van der Waals surface area contributed by atoms with Gasteiger partial charge in [-0.25, -0.2) is 9.67 Å². The predicted octanol–water partition coefficient (Wildman–Crippen LogP) is 3.28. The third-order valence-corrected chi connectivity index (χ3v) is 6.03. The molecule has 0 aliphatic heterocycles.